The van der Waals surface area contributed by atoms with Gasteiger partial charge in [-0.2, -0.15) is 0 Å². The van der Waals surface area contributed by atoms with Crippen molar-refractivity contribution in [2.24, 2.45) is 0 Å². The predicted molar refractivity (Wildman–Crippen MR) is 281 cm³/mol. The van der Waals surface area contributed by atoms with Gasteiger partial charge in [0.15, 0.2) is 23.0 Å². The second-order valence-corrected chi connectivity index (χ2v) is 19.5. The van der Waals surface area contributed by atoms with Crippen molar-refractivity contribution < 1.29 is 38.7 Å². The smallest absolute Gasteiger partial charge is 0.224 e. The quantitative estimate of drug-likeness (QED) is 0.0746. The van der Waals surface area contributed by atoms with E-state index in [0.717, 1.165) is 79.7 Å². The second-order valence-electron chi connectivity index (χ2n) is 19.5. The van der Waals surface area contributed by atoms with E-state index in [0.29, 0.717) is 73.6 Å². The number of hydrogen-bond donors (Lipinski definition) is 4. The molecule has 4 unspecified atom stereocenters. The molecule has 4 N–H and O–H groups in total. The molecule has 12 nitrogen and oxygen atoms in total. The molecule has 0 aromatic heterocycles. The van der Waals surface area contributed by atoms with E-state index in [9.17, 15) is 19.8 Å². The summed E-state index contributed by atoms with van der Waals surface area (Å²) in [5.74, 6) is 2.45. The number of hydrogen-bond acceptors (Lipinski definition) is 10. The zero-order valence-corrected chi connectivity index (χ0v) is 41.6. The third kappa shape index (κ3) is 13.4. The molecule has 376 valence electrons. The lowest BCUT2D eigenvalue weighted by molar-refractivity contribution is -0.123. The Kier molecular flexibility index (Phi) is 16.9. The van der Waals surface area contributed by atoms with Crippen molar-refractivity contribution in [3.63, 3.8) is 0 Å². The van der Waals surface area contributed by atoms with Crippen LogP contribution < -0.4 is 29.6 Å². The number of carbonyl (C=O) groups is 2. The number of rotatable bonds is 16. The van der Waals surface area contributed by atoms with Crippen LogP contribution >= 0.6 is 0 Å². The summed E-state index contributed by atoms with van der Waals surface area (Å²) in [5, 5.41) is 28.8. The van der Waals surface area contributed by atoms with Crippen molar-refractivity contribution in [1.82, 2.24) is 20.4 Å². The molecule has 12 heteroatoms. The van der Waals surface area contributed by atoms with Crippen LogP contribution in [0.1, 0.15) is 71.3 Å². The van der Waals surface area contributed by atoms with Crippen molar-refractivity contribution in [2.75, 3.05) is 65.7 Å². The first-order valence-corrected chi connectivity index (χ1v) is 25.6. The highest BCUT2D eigenvalue weighted by molar-refractivity contribution is 5.80. The van der Waals surface area contributed by atoms with Gasteiger partial charge >= 0.3 is 0 Å². The number of likely N-dealkylation sites (tertiary alicyclic amines) is 2. The van der Waals surface area contributed by atoms with Gasteiger partial charge in [-0.05, 0) is 134 Å². The predicted octanol–water partition coefficient (Wildman–Crippen LogP) is 8.58. The van der Waals surface area contributed by atoms with Gasteiger partial charge in [0.05, 0.1) is 24.9 Å². The van der Waals surface area contributed by atoms with Crippen molar-refractivity contribution in [3.8, 4) is 45.3 Å². The Balaban J connectivity index is 0.000000178. The van der Waals surface area contributed by atoms with Gasteiger partial charge in [-0.15, -0.1) is 0 Å². The Labute approximate surface area is 423 Å². The van der Waals surface area contributed by atoms with Crippen LogP contribution in [0.3, 0.4) is 0 Å². The molecule has 72 heavy (non-hydrogen) atoms. The van der Waals surface area contributed by atoms with Crippen LogP contribution in [-0.4, -0.2) is 110 Å². The number of benzene rings is 6. The number of aliphatic hydroxyl groups is 2. The van der Waals surface area contributed by atoms with Gasteiger partial charge in [-0.3, -0.25) is 9.59 Å². The fourth-order valence-electron chi connectivity index (χ4n) is 9.98. The average Bonchev–Trinajstić information content (AvgIpc) is 4.14. The molecule has 0 radical (unpaired) electrons. The summed E-state index contributed by atoms with van der Waals surface area (Å²) in [6.45, 7) is 11.3. The van der Waals surface area contributed by atoms with E-state index in [2.05, 4.69) is 107 Å². The molecule has 6 aromatic carbocycles. The van der Waals surface area contributed by atoms with Gasteiger partial charge in [0.1, 0.15) is 38.6 Å². The fourth-order valence-corrected chi connectivity index (χ4v) is 9.98. The highest BCUT2D eigenvalue weighted by atomic mass is 16.6. The molecule has 4 aliphatic rings. The maximum atomic E-state index is 13.1. The van der Waals surface area contributed by atoms with Crippen LogP contribution in [0.2, 0.25) is 0 Å². The lowest BCUT2D eigenvalue weighted by Crippen LogP contribution is -2.47. The molecule has 0 spiro atoms. The second kappa shape index (κ2) is 24.1. The van der Waals surface area contributed by atoms with Crippen molar-refractivity contribution in [2.45, 2.75) is 76.7 Å². The summed E-state index contributed by atoms with van der Waals surface area (Å²) in [5.41, 5.74) is 10.3. The zero-order valence-electron chi connectivity index (χ0n) is 41.6. The molecule has 4 heterocycles. The highest BCUT2D eigenvalue weighted by Crippen LogP contribution is 2.35. The highest BCUT2D eigenvalue weighted by Gasteiger charge is 2.30. The van der Waals surface area contributed by atoms with E-state index in [1.54, 1.807) is 0 Å². The van der Waals surface area contributed by atoms with Crippen molar-refractivity contribution in [1.29, 1.82) is 0 Å². The maximum absolute atomic E-state index is 13.1. The zero-order chi connectivity index (χ0) is 49.8. The molecule has 4 aliphatic heterocycles. The molecular formula is C60H68N4O8. The number of ether oxygens (including phenoxy) is 4. The van der Waals surface area contributed by atoms with Crippen molar-refractivity contribution in [3.05, 3.63) is 167 Å². The van der Waals surface area contributed by atoms with E-state index in [1.807, 2.05) is 60.7 Å². The Morgan fingerprint density at radius 2 is 0.875 bits per heavy atom. The largest absolute Gasteiger partial charge is 0.486 e. The number of nitrogens with zero attached hydrogens (tertiary/aromatic N) is 2. The van der Waals surface area contributed by atoms with E-state index < -0.39 is 24.3 Å². The van der Waals surface area contributed by atoms with Crippen LogP contribution in [0.4, 0.5) is 0 Å². The normalized spacial score (nSPS) is 16.9. The van der Waals surface area contributed by atoms with Crippen molar-refractivity contribution >= 4 is 11.8 Å². The number of amides is 2. The lowest BCUT2D eigenvalue weighted by atomic mass is 9.99. The average molecular weight is 973 g/mol. The first kappa shape index (κ1) is 50.2. The molecule has 2 saturated heterocycles. The van der Waals surface area contributed by atoms with Gasteiger partial charge in [0.2, 0.25) is 11.8 Å². The molecule has 0 saturated carbocycles. The number of fused-ring (bicyclic) bond motifs is 2. The molecular weight excluding hydrogens is 905 g/mol. The minimum Gasteiger partial charge on any atom is -0.486 e. The van der Waals surface area contributed by atoms with E-state index in [-0.39, 0.29) is 24.7 Å². The SMILES string of the molecule is Cc1ccc(-c2ccc(CC(=O)NC(CN3CCCC3)C(O)c3ccc4c(c3)OCCO4)cc2)cc1.Cc1cccc(-c2ccc(CC(=O)NC(CN3CCCC3)C(O)c3ccc4c(c3)OCCO4)cc2)c1. The third-order valence-corrected chi connectivity index (χ3v) is 14.0. The van der Waals surface area contributed by atoms with E-state index in [1.165, 1.54) is 16.7 Å². The Morgan fingerprint density at radius 1 is 0.472 bits per heavy atom. The molecule has 2 fully saturated rings. The van der Waals surface area contributed by atoms with Crippen LogP contribution in [0.25, 0.3) is 22.3 Å². The monoisotopic (exact) mass is 973 g/mol. The Bertz CT molecular complexity index is 2740. The van der Waals surface area contributed by atoms with Gasteiger partial charge in [0, 0.05) is 13.1 Å². The van der Waals surface area contributed by atoms with Gasteiger partial charge < -0.3 is 49.6 Å². The van der Waals surface area contributed by atoms with Gasteiger partial charge in [-0.25, -0.2) is 0 Å². The summed E-state index contributed by atoms with van der Waals surface area (Å²) in [6.07, 6.45) is 3.41. The summed E-state index contributed by atoms with van der Waals surface area (Å²) < 4.78 is 22.6. The van der Waals surface area contributed by atoms with Gasteiger partial charge in [-0.1, -0.05) is 120 Å². The minimum absolute atomic E-state index is 0.0981. The van der Waals surface area contributed by atoms with Crippen LogP contribution in [0.15, 0.2) is 133 Å². The van der Waals surface area contributed by atoms with Gasteiger partial charge in [0.25, 0.3) is 0 Å². The molecule has 0 aliphatic carbocycles. The summed E-state index contributed by atoms with van der Waals surface area (Å²) in [6, 6.07) is 43.2. The molecule has 0 bridgehead atoms. The number of nitrogens with one attached hydrogen (secondary N) is 2. The fraction of sp³-hybridized carbons (Fsp3) is 0.367. The standard InChI is InChI=1S/2C30H34N2O4/c1-21-4-8-23(9-5-21)24-10-6-22(7-11-24)18-29(33)31-26(20-32-14-2-3-15-32)30(34)25-12-13-27-28(19-25)36-17-16-35-27;1-21-5-4-6-24(17-21)23-9-7-22(8-10-23)18-29(33)31-26(20-32-13-2-3-14-32)30(34)25-11-12-27-28(19-25)36-16-15-35-27/h4-13,19,26,30,34H,2-3,14-18,20H2,1H3,(H,31,33);4-12,17,19,26,30,34H,2-3,13-16,18,20H2,1H3,(H,31,33). The van der Waals surface area contributed by atoms with Crippen LogP contribution in [-0.2, 0) is 22.4 Å². The molecule has 2 amide bonds. The Morgan fingerprint density at radius 3 is 1.31 bits per heavy atom. The minimum atomic E-state index is -0.853. The maximum Gasteiger partial charge on any atom is 0.224 e. The van der Waals surface area contributed by atoms with Crippen LogP contribution in [0.5, 0.6) is 23.0 Å². The summed E-state index contributed by atoms with van der Waals surface area (Å²) in [4.78, 5) is 30.8. The topological polar surface area (TPSA) is 142 Å². The first-order valence-electron chi connectivity index (χ1n) is 25.6. The molecule has 10 rings (SSSR count). The van der Waals surface area contributed by atoms with E-state index in [4.69, 9.17) is 18.9 Å². The Hall–Kier alpha value is -6.70. The van der Waals surface area contributed by atoms with Crippen LogP contribution in [0, 0.1) is 13.8 Å². The number of aliphatic hydroxyl groups excluding tert-OH is 2. The number of aryl methyl sites for hydroxylation is 2. The third-order valence-electron chi connectivity index (χ3n) is 14.0. The summed E-state index contributed by atoms with van der Waals surface area (Å²) >= 11 is 0. The number of carbonyl (C=O) groups excluding carboxylic acids is 2. The first-order chi connectivity index (χ1) is 35.1. The molecule has 6 aromatic rings. The summed E-state index contributed by atoms with van der Waals surface area (Å²) in [7, 11) is 0. The lowest BCUT2D eigenvalue weighted by Gasteiger charge is -2.29. The molecule has 4 atom stereocenters. The van der Waals surface area contributed by atoms with E-state index >= 15 is 0 Å².